The summed E-state index contributed by atoms with van der Waals surface area (Å²) in [6, 6.07) is 18.8. The highest BCUT2D eigenvalue weighted by molar-refractivity contribution is 6.28. The van der Waals surface area contributed by atoms with Crippen molar-refractivity contribution in [3.8, 4) is 5.75 Å². The molecule has 194 valence electrons. The molecule has 2 aromatic carbocycles. The number of amides is 2. The first-order chi connectivity index (χ1) is 17.4. The van der Waals surface area contributed by atoms with Gasteiger partial charge in [0.25, 0.3) is 0 Å². The van der Waals surface area contributed by atoms with Crippen LogP contribution >= 0.6 is 0 Å². The monoisotopic (exact) mass is 499 g/mol. The zero-order valence-electron chi connectivity index (χ0n) is 20.3. The van der Waals surface area contributed by atoms with E-state index in [1.54, 1.807) is 24.3 Å². The van der Waals surface area contributed by atoms with Gasteiger partial charge in [-0.25, -0.2) is 9.59 Å². The van der Waals surface area contributed by atoms with E-state index < -0.39 is 29.9 Å². The quantitative estimate of drug-likeness (QED) is 0.124. The van der Waals surface area contributed by atoms with Crippen molar-refractivity contribution >= 4 is 23.8 Å². The molecule has 10 heteroatoms. The molecule has 0 spiro atoms. The molecule has 4 N–H and O–H groups in total. The first-order valence-electron chi connectivity index (χ1n) is 11.8. The van der Waals surface area contributed by atoms with Crippen LogP contribution in [0.25, 0.3) is 0 Å². The van der Waals surface area contributed by atoms with Gasteiger partial charge < -0.3 is 30.5 Å². The number of carbonyl (C=O) groups excluding carboxylic acids is 3. The molecule has 0 radical (unpaired) electrons. The summed E-state index contributed by atoms with van der Waals surface area (Å²) in [6.07, 6.45) is 0.757. The summed E-state index contributed by atoms with van der Waals surface area (Å²) in [5.74, 6) is -4.11. The van der Waals surface area contributed by atoms with Crippen LogP contribution in [-0.4, -0.2) is 67.7 Å². The van der Waals surface area contributed by atoms with Gasteiger partial charge in [-0.2, -0.15) is 0 Å². The molecule has 0 saturated carbocycles. The van der Waals surface area contributed by atoms with Gasteiger partial charge in [0.15, 0.2) is 0 Å². The summed E-state index contributed by atoms with van der Waals surface area (Å²) in [5, 5.41) is 17.2. The highest BCUT2D eigenvalue weighted by atomic mass is 16.6. The van der Waals surface area contributed by atoms with Gasteiger partial charge in [-0.15, -0.1) is 0 Å². The molecule has 0 bridgehead atoms. The minimum Gasteiger partial charge on any atom is -0.490 e. The van der Waals surface area contributed by atoms with Gasteiger partial charge in [-0.1, -0.05) is 48.5 Å². The molecule has 0 aromatic heterocycles. The molecule has 2 unspecified atom stereocenters. The number of rotatable bonds is 15. The number of para-hydroxylation sites is 1. The lowest BCUT2D eigenvalue weighted by atomic mass is 10.1. The van der Waals surface area contributed by atoms with Crippen molar-refractivity contribution in [3.63, 3.8) is 0 Å². The van der Waals surface area contributed by atoms with Crippen LogP contribution < -0.4 is 20.7 Å². The van der Waals surface area contributed by atoms with Crippen molar-refractivity contribution in [2.24, 2.45) is 5.92 Å². The second kappa shape index (κ2) is 15.9. The maximum absolute atomic E-state index is 12.3. The predicted molar refractivity (Wildman–Crippen MR) is 132 cm³/mol. The number of nitrogens with one attached hydrogen (secondary N) is 3. The second-order valence-electron chi connectivity index (χ2n) is 8.05. The van der Waals surface area contributed by atoms with E-state index in [2.05, 4.69) is 16.0 Å². The summed E-state index contributed by atoms with van der Waals surface area (Å²) < 4.78 is 10.5. The molecule has 2 aromatic rings. The van der Waals surface area contributed by atoms with Crippen LogP contribution in [0.5, 0.6) is 5.75 Å². The standard InChI is InChI=1S/C26H33N3O7/c1-19(23(30)28-14-8-11-20-9-4-2-5-10-20)24(31)29-16-15-27-17-22(36-26(34)25(32)33)18-35-21-12-6-3-7-13-21/h2-7,9-10,12-13,19,22,27H,8,11,14-18H2,1H3,(H,28,30)(H,29,31)(H,32,33). The van der Waals surface area contributed by atoms with Crippen molar-refractivity contribution in [2.75, 3.05) is 32.8 Å². The molecular weight excluding hydrogens is 466 g/mol. The van der Waals surface area contributed by atoms with Gasteiger partial charge in [-0.3, -0.25) is 9.59 Å². The van der Waals surface area contributed by atoms with Crippen molar-refractivity contribution in [1.82, 2.24) is 16.0 Å². The van der Waals surface area contributed by atoms with Crippen LogP contribution in [0.3, 0.4) is 0 Å². The van der Waals surface area contributed by atoms with Gasteiger partial charge >= 0.3 is 11.9 Å². The van der Waals surface area contributed by atoms with E-state index in [1.807, 2.05) is 36.4 Å². The van der Waals surface area contributed by atoms with Gasteiger partial charge in [0, 0.05) is 26.2 Å². The number of carboxylic acids is 1. The Hall–Kier alpha value is -3.92. The van der Waals surface area contributed by atoms with Crippen LogP contribution in [-0.2, 0) is 30.3 Å². The lowest BCUT2D eigenvalue weighted by molar-refractivity contribution is -0.168. The Bertz CT molecular complexity index is 970. The largest absolute Gasteiger partial charge is 0.490 e. The zero-order valence-corrected chi connectivity index (χ0v) is 20.3. The number of esters is 1. The Kier molecular flexibility index (Phi) is 12.5. The maximum atomic E-state index is 12.3. The molecule has 0 fully saturated rings. The van der Waals surface area contributed by atoms with E-state index in [1.165, 1.54) is 12.5 Å². The van der Waals surface area contributed by atoms with Crippen LogP contribution in [0.2, 0.25) is 0 Å². The topological polar surface area (TPSA) is 143 Å². The SMILES string of the molecule is CC(C(=O)NCCCc1ccccc1)C(=O)NCCNCC(COc1ccccc1)OC(=O)C(=O)O. The summed E-state index contributed by atoms with van der Waals surface area (Å²) in [6.45, 7) is 2.61. The molecule has 0 saturated heterocycles. The van der Waals surface area contributed by atoms with E-state index in [4.69, 9.17) is 14.6 Å². The smallest absolute Gasteiger partial charge is 0.417 e. The molecule has 0 aliphatic carbocycles. The van der Waals surface area contributed by atoms with Crippen molar-refractivity contribution in [1.29, 1.82) is 0 Å². The molecule has 2 rings (SSSR count). The predicted octanol–water partition coefficient (Wildman–Crippen LogP) is 1.15. The molecule has 10 nitrogen and oxygen atoms in total. The van der Waals surface area contributed by atoms with Crippen molar-refractivity contribution < 1.29 is 33.8 Å². The molecule has 0 heterocycles. The number of aliphatic carboxylic acids is 1. The molecule has 2 amide bonds. The Balaban J connectivity index is 1.65. The molecule has 36 heavy (non-hydrogen) atoms. The van der Waals surface area contributed by atoms with E-state index in [9.17, 15) is 19.2 Å². The highest BCUT2D eigenvalue weighted by Crippen LogP contribution is 2.09. The Labute approximate surface area is 210 Å². The fraction of sp³-hybridized carbons (Fsp3) is 0.385. The van der Waals surface area contributed by atoms with E-state index >= 15 is 0 Å². The average Bonchev–Trinajstić information content (AvgIpc) is 2.89. The van der Waals surface area contributed by atoms with Gasteiger partial charge in [0.05, 0.1) is 0 Å². The average molecular weight is 500 g/mol. The molecule has 2 atom stereocenters. The molecule has 0 aliphatic heterocycles. The number of carbonyl (C=O) groups is 4. The fourth-order valence-electron chi connectivity index (χ4n) is 3.15. The minimum atomic E-state index is -1.70. The third kappa shape index (κ3) is 11.0. The first kappa shape index (κ1) is 28.3. The summed E-state index contributed by atoms with van der Waals surface area (Å²) in [4.78, 5) is 46.7. The summed E-state index contributed by atoms with van der Waals surface area (Å²) in [7, 11) is 0. The van der Waals surface area contributed by atoms with Crippen LogP contribution in [0.1, 0.15) is 18.9 Å². The van der Waals surface area contributed by atoms with E-state index in [-0.39, 0.29) is 25.6 Å². The van der Waals surface area contributed by atoms with Crippen LogP contribution in [0.4, 0.5) is 0 Å². The van der Waals surface area contributed by atoms with Crippen LogP contribution in [0.15, 0.2) is 60.7 Å². The number of hydrogen-bond donors (Lipinski definition) is 4. The van der Waals surface area contributed by atoms with Crippen LogP contribution in [0, 0.1) is 5.92 Å². The maximum Gasteiger partial charge on any atom is 0.417 e. The van der Waals surface area contributed by atoms with Crippen molar-refractivity contribution in [2.45, 2.75) is 25.9 Å². The van der Waals surface area contributed by atoms with Gasteiger partial charge in [0.1, 0.15) is 24.4 Å². The normalized spacial score (nSPS) is 12.1. The molecular formula is C26H33N3O7. The number of carboxylic acid groups (broad SMARTS) is 1. The Morgan fingerprint density at radius 3 is 2.11 bits per heavy atom. The summed E-state index contributed by atoms with van der Waals surface area (Å²) in [5.41, 5.74) is 1.19. The number of ether oxygens (including phenoxy) is 2. The third-order valence-corrected chi connectivity index (χ3v) is 5.17. The third-order valence-electron chi connectivity index (χ3n) is 5.17. The Morgan fingerprint density at radius 2 is 1.47 bits per heavy atom. The number of hydrogen-bond acceptors (Lipinski definition) is 7. The lowest BCUT2D eigenvalue weighted by Crippen LogP contribution is -2.43. The summed E-state index contributed by atoms with van der Waals surface area (Å²) >= 11 is 0. The van der Waals surface area contributed by atoms with Gasteiger partial charge in [-0.05, 0) is 37.5 Å². The zero-order chi connectivity index (χ0) is 26.2. The minimum absolute atomic E-state index is 0.0517. The number of benzene rings is 2. The lowest BCUT2D eigenvalue weighted by Gasteiger charge is -2.18. The van der Waals surface area contributed by atoms with E-state index in [0.29, 0.717) is 18.8 Å². The molecule has 0 aliphatic rings. The van der Waals surface area contributed by atoms with Gasteiger partial charge in [0.2, 0.25) is 11.8 Å². The fourth-order valence-corrected chi connectivity index (χ4v) is 3.15. The first-order valence-corrected chi connectivity index (χ1v) is 11.8. The second-order valence-corrected chi connectivity index (χ2v) is 8.05. The Morgan fingerprint density at radius 1 is 0.861 bits per heavy atom. The highest BCUT2D eigenvalue weighted by Gasteiger charge is 2.22. The van der Waals surface area contributed by atoms with Crippen molar-refractivity contribution in [3.05, 3.63) is 66.2 Å². The van der Waals surface area contributed by atoms with E-state index in [0.717, 1.165) is 12.8 Å². The number of aryl methyl sites for hydroxylation is 1.